The first-order chi connectivity index (χ1) is 7.98. The summed E-state index contributed by atoms with van der Waals surface area (Å²) in [5.74, 6) is 0. The second-order valence-corrected chi connectivity index (χ2v) is 5.09. The molecular weight excluding hydrogens is 295 g/mol. The highest BCUT2D eigenvalue weighted by atomic mass is 79.9. The highest BCUT2D eigenvalue weighted by Gasteiger charge is 2.31. The van der Waals surface area contributed by atoms with Crippen LogP contribution in [0.25, 0.3) is 0 Å². The fourth-order valence-corrected chi connectivity index (χ4v) is 2.63. The first-order valence-corrected chi connectivity index (χ1v) is 6.38. The molecule has 1 aromatic rings. The summed E-state index contributed by atoms with van der Waals surface area (Å²) in [4.78, 5) is 0. The van der Waals surface area contributed by atoms with Gasteiger partial charge in [-0.25, -0.2) is 0 Å². The van der Waals surface area contributed by atoms with E-state index in [0.717, 1.165) is 36.3 Å². The van der Waals surface area contributed by atoms with Crippen LogP contribution in [-0.2, 0) is 6.18 Å². The van der Waals surface area contributed by atoms with Crippen LogP contribution in [0.15, 0.2) is 22.7 Å². The summed E-state index contributed by atoms with van der Waals surface area (Å²) in [6.45, 7) is 0.868. The van der Waals surface area contributed by atoms with Crippen molar-refractivity contribution in [1.82, 2.24) is 5.32 Å². The Kier molecular flexibility index (Phi) is 3.78. The van der Waals surface area contributed by atoms with Crippen molar-refractivity contribution in [3.63, 3.8) is 0 Å². The zero-order valence-corrected chi connectivity index (χ0v) is 10.7. The maximum Gasteiger partial charge on any atom is 0.416 e. The van der Waals surface area contributed by atoms with E-state index in [-0.39, 0.29) is 6.04 Å². The van der Waals surface area contributed by atoms with Crippen LogP contribution in [0.3, 0.4) is 0 Å². The van der Waals surface area contributed by atoms with Crippen molar-refractivity contribution in [1.29, 1.82) is 0 Å². The van der Waals surface area contributed by atoms with E-state index >= 15 is 0 Å². The minimum atomic E-state index is -4.27. The molecule has 1 heterocycles. The Morgan fingerprint density at radius 3 is 2.59 bits per heavy atom. The van der Waals surface area contributed by atoms with Gasteiger partial charge in [0.2, 0.25) is 0 Å². The van der Waals surface area contributed by atoms with Gasteiger partial charge in [0.25, 0.3) is 0 Å². The first-order valence-electron chi connectivity index (χ1n) is 5.58. The molecule has 94 valence electrons. The fourth-order valence-electron chi connectivity index (χ4n) is 2.10. The predicted octanol–water partition coefficient (Wildman–Crippen LogP) is 4.28. The van der Waals surface area contributed by atoms with Gasteiger partial charge in [0.05, 0.1) is 5.56 Å². The van der Waals surface area contributed by atoms with Gasteiger partial charge >= 0.3 is 6.18 Å². The van der Waals surface area contributed by atoms with Gasteiger partial charge in [-0.1, -0.05) is 22.4 Å². The third-order valence-electron chi connectivity index (χ3n) is 3.01. The van der Waals surface area contributed by atoms with Gasteiger partial charge in [0.1, 0.15) is 0 Å². The Labute approximate surface area is 107 Å². The van der Waals surface area contributed by atoms with E-state index in [2.05, 4.69) is 21.2 Å². The zero-order valence-electron chi connectivity index (χ0n) is 9.15. The molecule has 1 aliphatic rings. The van der Waals surface area contributed by atoms with Gasteiger partial charge in [-0.3, -0.25) is 0 Å². The van der Waals surface area contributed by atoms with Crippen LogP contribution in [0, 0.1) is 0 Å². The number of hydrogen-bond acceptors (Lipinski definition) is 1. The molecule has 0 aromatic heterocycles. The quantitative estimate of drug-likeness (QED) is 0.816. The standard InChI is InChI=1S/C12H13BrF3N/c13-10-5-4-8(12(14,15)16)7-9(10)11-3-1-2-6-17-11/h4-5,7,11,17H,1-3,6H2/t11-/m0/s1. The summed E-state index contributed by atoms with van der Waals surface area (Å²) in [7, 11) is 0. The average Bonchev–Trinajstić information content (AvgIpc) is 2.29. The minimum absolute atomic E-state index is 0.0282. The van der Waals surface area contributed by atoms with E-state index in [1.165, 1.54) is 12.1 Å². The minimum Gasteiger partial charge on any atom is -0.310 e. The van der Waals surface area contributed by atoms with Crippen LogP contribution < -0.4 is 5.32 Å². The summed E-state index contributed by atoms with van der Waals surface area (Å²) in [6.07, 6.45) is -1.24. The molecule has 1 aromatic carbocycles. The van der Waals surface area contributed by atoms with Gasteiger partial charge in [-0.2, -0.15) is 13.2 Å². The molecule has 0 unspecified atom stereocenters. The van der Waals surface area contributed by atoms with Gasteiger partial charge in [-0.05, 0) is 43.1 Å². The van der Waals surface area contributed by atoms with Gasteiger partial charge in [0.15, 0.2) is 0 Å². The van der Waals surface area contributed by atoms with Crippen molar-refractivity contribution < 1.29 is 13.2 Å². The molecule has 0 aliphatic carbocycles. The third-order valence-corrected chi connectivity index (χ3v) is 3.73. The molecule has 0 saturated carbocycles. The van der Waals surface area contributed by atoms with E-state index in [0.29, 0.717) is 5.56 Å². The first kappa shape index (κ1) is 12.9. The predicted molar refractivity (Wildman–Crippen MR) is 63.7 cm³/mol. The second kappa shape index (κ2) is 4.98. The normalized spacial score (nSPS) is 21.5. The lowest BCUT2D eigenvalue weighted by Crippen LogP contribution is -2.27. The topological polar surface area (TPSA) is 12.0 Å². The van der Waals surface area contributed by atoms with Crippen LogP contribution in [-0.4, -0.2) is 6.54 Å². The Bertz CT molecular complexity index is 397. The Morgan fingerprint density at radius 1 is 1.24 bits per heavy atom. The summed E-state index contributed by atoms with van der Waals surface area (Å²) in [5.41, 5.74) is 0.127. The molecule has 0 bridgehead atoms. The van der Waals surface area contributed by atoms with Gasteiger partial charge < -0.3 is 5.32 Å². The zero-order chi connectivity index (χ0) is 12.5. The maximum atomic E-state index is 12.6. The molecule has 1 aliphatic heterocycles. The highest BCUT2D eigenvalue weighted by molar-refractivity contribution is 9.10. The Morgan fingerprint density at radius 2 is 2.00 bits per heavy atom. The van der Waals surface area contributed by atoms with E-state index in [1.54, 1.807) is 0 Å². The number of hydrogen-bond donors (Lipinski definition) is 1. The molecule has 1 saturated heterocycles. The van der Waals surface area contributed by atoms with Crippen molar-refractivity contribution in [3.05, 3.63) is 33.8 Å². The summed E-state index contributed by atoms with van der Waals surface area (Å²) < 4.78 is 38.6. The molecule has 0 spiro atoms. The lowest BCUT2D eigenvalue weighted by atomic mass is 9.96. The van der Waals surface area contributed by atoms with E-state index in [9.17, 15) is 13.2 Å². The maximum absolute atomic E-state index is 12.6. The fraction of sp³-hybridized carbons (Fsp3) is 0.500. The van der Waals surface area contributed by atoms with E-state index in [1.807, 2.05) is 0 Å². The van der Waals surface area contributed by atoms with Crippen molar-refractivity contribution >= 4 is 15.9 Å². The molecule has 1 atom stereocenters. The summed E-state index contributed by atoms with van der Waals surface area (Å²) >= 11 is 3.33. The van der Waals surface area contributed by atoms with Crippen molar-refractivity contribution in [2.45, 2.75) is 31.5 Å². The molecule has 0 radical (unpaired) electrons. The molecule has 5 heteroatoms. The largest absolute Gasteiger partial charge is 0.416 e. The monoisotopic (exact) mass is 307 g/mol. The lowest BCUT2D eigenvalue weighted by molar-refractivity contribution is -0.137. The number of nitrogens with one attached hydrogen (secondary N) is 1. The molecule has 1 nitrogen and oxygen atoms in total. The lowest BCUT2D eigenvalue weighted by Gasteiger charge is -2.25. The second-order valence-electron chi connectivity index (χ2n) is 4.24. The molecule has 1 N–H and O–H groups in total. The number of alkyl halides is 3. The Balaban J connectivity index is 2.31. The molecular formula is C12H13BrF3N. The van der Waals surface area contributed by atoms with Crippen LogP contribution >= 0.6 is 15.9 Å². The Hall–Kier alpha value is -0.550. The molecule has 0 amide bonds. The summed E-state index contributed by atoms with van der Waals surface area (Å²) in [6, 6.07) is 3.86. The number of piperidine rings is 1. The molecule has 1 fully saturated rings. The van der Waals surface area contributed by atoms with E-state index in [4.69, 9.17) is 0 Å². The SMILES string of the molecule is FC(F)(F)c1ccc(Br)c([C@@H]2CCCCN2)c1. The van der Waals surface area contributed by atoms with Gasteiger partial charge in [0, 0.05) is 10.5 Å². The average molecular weight is 308 g/mol. The van der Waals surface area contributed by atoms with Crippen LogP contribution in [0.1, 0.15) is 36.4 Å². The molecule has 2 rings (SSSR count). The van der Waals surface area contributed by atoms with Crippen LogP contribution in [0.2, 0.25) is 0 Å². The number of benzene rings is 1. The van der Waals surface area contributed by atoms with Crippen LogP contribution in [0.5, 0.6) is 0 Å². The van der Waals surface area contributed by atoms with Crippen molar-refractivity contribution in [2.24, 2.45) is 0 Å². The van der Waals surface area contributed by atoms with Crippen LogP contribution in [0.4, 0.5) is 13.2 Å². The summed E-state index contributed by atoms with van der Waals surface area (Å²) in [5, 5.41) is 3.26. The van der Waals surface area contributed by atoms with Crippen molar-refractivity contribution in [2.75, 3.05) is 6.54 Å². The van der Waals surface area contributed by atoms with Crippen molar-refractivity contribution in [3.8, 4) is 0 Å². The smallest absolute Gasteiger partial charge is 0.310 e. The third kappa shape index (κ3) is 3.01. The number of halogens is 4. The number of rotatable bonds is 1. The highest BCUT2D eigenvalue weighted by Crippen LogP contribution is 2.35. The van der Waals surface area contributed by atoms with E-state index < -0.39 is 11.7 Å². The van der Waals surface area contributed by atoms with Gasteiger partial charge in [-0.15, -0.1) is 0 Å². The molecule has 17 heavy (non-hydrogen) atoms.